The molecule has 0 saturated heterocycles. The van der Waals surface area contributed by atoms with Gasteiger partial charge in [-0.1, -0.05) is 18.2 Å². The van der Waals surface area contributed by atoms with Gasteiger partial charge in [-0.15, -0.1) is 0 Å². The summed E-state index contributed by atoms with van der Waals surface area (Å²) in [4.78, 5) is 4.50. The summed E-state index contributed by atoms with van der Waals surface area (Å²) in [6.07, 6.45) is 1.61. The van der Waals surface area contributed by atoms with E-state index < -0.39 is 10.0 Å². The minimum Gasteiger partial charge on any atom is -0.383 e. The third kappa shape index (κ3) is 3.49. The van der Waals surface area contributed by atoms with Crippen LogP contribution in [-0.4, -0.2) is 38.0 Å². The number of rotatable bonds is 7. The van der Waals surface area contributed by atoms with E-state index in [4.69, 9.17) is 4.74 Å². The maximum atomic E-state index is 13.2. The number of methoxy groups -OCH3 is 1. The molecule has 0 fully saturated rings. The van der Waals surface area contributed by atoms with Crippen LogP contribution in [0.2, 0.25) is 0 Å². The quantitative estimate of drug-likeness (QED) is 0.648. The lowest BCUT2D eigenvalue weighted by Crippen LogP contribution is -2.33. The minimum absolute atomic E-state index is 0.229. The lowest BCUT2D eigenvalue weighted by Gasteiger charge is -2.22. The molecular formula is C17H18N2O3S2. The number of benzene rings is 1. The van der Waals surface area contributed by atoms with Crippen LogP contribution in [0.15, 0.2) is 58.3 Å². The third-order valence-electron chi connectivity index (χ3n) is 3.70. The van der Waals surface area contributed by atoms with E-state index in [-0.39, 0.29) is 11.4 Å². The maximum absolute atomic E-state index is 13.2. The number of hydrogen-bond donors (Lipinski definition) is 0. The van der Waals surface area contributed by atoms with Crippen molar-refractivity contribution in [1.82, 2.24) is 9.29 Å². The zero-order chi connectivity index (χ0) is 17.0. The molecule has 0 unspecified atom stereocenters. The van der Waals surface area contributed by atoms with Crippen LogP contribution in [0.4, 0.5) is 0 Å². The van der Waals surface area contributed by atoms with E-state index >= 15 is 0 Å². The highest BCUT2D eigenvalue weighted by Gasteiger charge is 2.27. The highest BCUT2D eigenvalue weighted by Crippen LogP contribution is 2.25. The van der Waals surface area contributed by atoms with Crippen LogP contribution in [-0.2, 0) is 21.3 Å². The van der Waals surface area contributed by atoms with Gasteiger partial charge >= 0.3 is 0 Å². The van der Waals surface area contributed by atoms with Gasteiger partial charge in [0.25, 0.3) is 0 Å². The van der Waals surface area contributed by atoms with Crippen molar-refractivity contribution >= 4 is 32.3 Å². The van der Waals surface area contributed by atoms with E-state index in [9.17, 15) is 8.42 Å². The molecule has 7 heteroatoms. The van der Waals surface area contributed by atoms with Crippen molar-refractivity contribution in [3.63, 3.8) is 0 Å². The second kappa shape index (κ2) is 7.40. The Labute approximate surface area is 145 Å². The van der Waals surface area contributed by atoms with Gasteiger partial charge in [-0.2, -0.15) is 15.6 Å². The molecule has 0 amide bonds. The molecule has 126 valence electrons. The molecule has 0 N–H and O–H groups in total. The predicted octanol–water partition coefficient (Wildman–Crippen LogP) is 3.13. The van der Waals surface area contributed by atoms with E-state index in [0.717, 1.165) is 10.9 Å². The summed E-state index contributed by atoms with van der Waals surface area (Å²) in [5.74, 6) is 0. The van der Waals surface area contributed by atoms with E-state index in [0.29, 0.717) is 18.7 Å². The van der Waals surface area contributed by atoms with E-state index in [1.807, 2.05) is 29.0 Å². The average Bonchev–Trinajstić information content (AvgIpc) is 3.11. The molecule has 0 atom stereocenters. The van der Waals surface area contributed by atoms with Gasteiger partial charge in [0.15, 0.2) is 0 Å². The Morgan fingerprint density at radius 2 is 2.04 bits per heavy atom. The predicted molar refractivity (Wildman–Crippen MR) is 95.5 cm³/mol. The molecule has 0 aliphatic rings. The number of ether oxygens (including phenoxy) is 1. The first kappa shape index (κ1) is 17.0. The molecule has 2 heterocycles. The monoisotopic (exact) mass is 362 g/mol. The Hall–Kier alpha value is -1.80. The molecule has 0 aliphatic carbocycles. The van der Waals surface area contributed by atoms with Gasteiger partial charge in [-0.05, 0) is 34.5 Å². The Morgan fingerprint density at radius 3 is 2.79 bits per heavy atom. The molecule has 1 aromatic carbocycles. The first-order valence-corrected chi connectivity index (χ1v) is 9.85. The largest absolute Gasteiger partial charge is 0.383 e. The fourth-order valence-electron chi connectivity index (χ4n) is 2.49. The molecule has 0 spiro atoms. The van der Waals surface area contributed by atoms with Crippen LogP contribution in [0.25, 0.3) is 10.9 Å². The second-order valence-electron chi connectivity index (χ2n) is 5.29. The number of aromatic nitrogens is 1. The van der Waals surface area contributed by atoms with Crippen LogP contribution in [0.5, 0.6) is 0 Å². The molecule has 3 rings (SSSR count). The van der Waals surface area contributed by atoms with Crippen molar-refractivity contribution < 1.29 is 13.2 Å². The van der Waals surface area contributed by atoms with Gasteiger partial charge < -0.3 is 4.74 Å². The lowest BCUT2D eigenvalue weighted by atomic mass is 10.2. The van der Waals surface area contributed by atoms with Crippen molar-refractivity contribution in [3.8, 4) is 0 Å². The molecule has 24 heavy (non-hydrogen) atoms. The van der Waals surface area contributed by atoms with E-state index in [2.05, 4.69) is 4.98 Å². The fraction of sp³-hybridized carbons (Fsp3) is 0.235. The Balaban J connectivity index is 2.03. The fourth-order valence-corrected chi connectivity index (χ4v) is 4.72. The van der Waals surface area contributed by atoms with Gasteiger partial charge in [0.05, 0.1) is 12.1 Å². The van der Waals surface area contributed by atoms with Crippen molar-refractivity contribution in [2.45, 2.75) is 11.4 Å². The molecule has 0 bridgehead atoms. The molecule has 0 aliphatic heterocycles. The van der Waals surface area contributed by atoms with Crippen LogP contribution in [0.1, 0.15) is 5.56 Å². The van der Waals surface area contributed by atoms with Crippen LogP contribution in [0.3, 0.4) is 0 Å². The SMILES string of the molecule is COCCN(Cc1ccsc1)S(=O)(=O)c1cccc2cccnc12. The molecule has 3 aromatic rings. The van der Waals surface area contributed by atoms with Gasteiger partial charge in [0, 0.05) is 31.8 Å². The summed E-state index contributed by atoms with van der Waals surface area (Å²) in [6, 6.07) is 10.8. The summed E-state index contributed by atoms with van der Waals surface area (Å²) in [6.45, 7) is 0.942. The van der Waals surface area contributed by atoms with E-state index in [1.165, 1.54) is 4.31 Å². The number of pyridine rings is 1. The lowest BCUT2D eigenvalue weighted by molar-refractivity contribution is 0.177. The highest BCUT2D eigenvalue weighted by atomic mass is 32.2. The average molecular weight is 362 g/mol. The number of nitrogens with zero attached hydrogens (tertiary/aromatic N) is 2. The zero-order valence-electron chi connectivity index (χ0n) is 13.3. The standard InChI is InChI=1S/C17H18N2O3S2/c1-22-10-9-19(12-14-7-11-23-13-14)24(20,21)16-6-2-4-15-5-3-8-18-17(15)16/h2-8,11,13H,9-10,12H2,1H3. The molecule has 0 radical (unpaired) electrons. The Bertz CT molecular complexity index is 903. The van der Waals surface area contributed by atoms with Crippen LogP contribution in [0, 0.1) is 0 Å². The summed E-state index contributed by atoms with van der Waals surface area (Å²) in [7, 11) is -2.12. The first-order chi connectivity index (χ1) is 11.6. The topological polar surface area (TPSA) is 59.5 Å². The van der Waals surface area contributed by atoms with Crippen LogP contribution >= 0.6 is 11.3 Å². The molecule has 5 nitrogen and oxygen atoms in total. The van der Waals surface area contributed by atoms with Gasteiger partial charge in [-0.25, -0.2) is 8.42 Å². The van der Waals surface area contributed by atoms with Crippen molar-refractivity contribution in [2.24, 2.45) is 0 Å². The third-order valence-corrected chi connectivity index (χ3v) is 6.31. The van der Waals surface area contributed by atoms with Crippen molar-refractivity contribution in [2.75, 3.05) is 20.3 Å². The molecular weight excluding hydrogens is 344 g/mol. The maximum Gasteiger partial charge on any atom is 0.245 e. The number of para-hydroxylation sites is 1. The summed E-state index contributed by atoms with van der Waals surface area (Å²) in [5, 5.41) is 4.70. The normalized spacial score (nSPS) is 12.1. The number of thiophene rings is 1. The smallest absolute Gasteiger partial charge is 0.245 e. The first-order valence-electron chi connectivity index (χ1n) is 7.47. The van der Waals surface area contributed by atoms with Crippen molar-refractivity contribution in [3.05, 3.63) is 58.9 Å². The number of sulfonamides is 1. The zero-order valence-corrected chi connectivity index (χ0v) is 14.9. The number of fused-ring (bicyclic) bond motifs is 1. The minimum atomic E-state index is -3.68. The van der Waals surface area contributed by atoms with Gasteiger partial charge in [0.2, 0.25) is 10.0 Å². The highest BCUT2D eigenvalue weighted by molar-refractivity contribution is 7.89. The van der Waals surface area contributed by atoms with Gasteiger partial charge in [-0.3, -0.25) is 4.98 Å². The summed E-state index contributed by atoms with van der Waals surface area (Å²) in [5.41, 5.74) is 1.46. The molecule has 2 aromatic heterocycles. The second-order valence-corrected chi connectivity index (χ2v) is 7.98. The van der Waals surface area contributed by atoms with Gasteiger partial charge in [0.1, 0.15) is 4.90 Å². The van der Waals surface area contributed by atoms with Crippen LogP contribution < -0.4 is 0 Å². The van der Waals surface area contributed by atoms with E-state index in [1.54, 1.807) is 42.8 Å². The Morgan fingerprint density at radius 1 is 1.21 bits per heavy atom. The molecule has 0 saturated carbocycles. The number of hydrogen-bond acceptors (Lipinski definition) is 5. The van der Waals surface area contributed by atoms with Crippen molar-refractivity contribution in [1.29, 1.82) is 0 Å². The Kier molecular flexibility index (Phi) is 5.25. The summed E-state index contributed by atoms with van der Waals surface area (Å²) >= 11 is 1.55. The summed E-state index contributed by atoms with van der Waals surface area (Å²) < 4.78 is 33.0.